The average molecular weight is 559 g/mol. The van der Waals surface area contributed by atoms with Crippen LogP contribution in [0.4, 0.5) is 45.2 Å². The lowest BCUT2D eigenvalue weighted by Gasteiger charge is -2.35. The normalized spacial score (nSPS) is 19.7. The zero-order chi connectivity index (χ0) is 28.1. The molecule has 0 aromatic heterocycles. The molecule has 0 bridgehead atoms. The maximum atomic E-state index is 13.1. The van der Waals surface area contributed by atoms with Gasteiger partial charge < -0.3 is 14.7 Å². The maximum absolute atomic E-state index is 13.1. The second kappa shape index (κ2) is 12.0. The number of aliphatic hydroxyl groups is 1. The number of rotatable bonds is 9. The lowest BCUT2D eigenvalue weighted by molar-refractivity contribution is -0.345. The number of anilines is 1. The van der Waals surface area contributed by atoms with E-state index in [4.69, 9.17) is 4.74 Å². The molecule has 1 N–H and O–H groups in total. The van der Waals surface area contributed by atoms with Crippen LogP contribution in [0.15, 0.2) is 48.5 Å². The smallest absolute Gasteiger partial charge is 0.489 e. The lowest BCUT2D eigenvalue weighted by atomic mass is 9.87. The molecule has 1 aliphatic carbocycles. The molecule has 1 aliphatic rings. The van der Waals surface area contributed by atoms with E-state index < -0.39 is 43.0 Å². The van der Waals surface area contributed by atoms with E-state index in [9.17, 15) is 44.6 Å². The molecule has 13 heteroatoms. The van der Waals surface area contributed by atoms with Gasteiger partial charge in [0.1, 0.15) is 12.4 Å². The zero-order valence-electron chi connectivity index (χ0n) is 19.9. The van der Waals surface area contributed by atoms with E-state index in [0.717, 1.165) is 12.1 Å². The van der Waals surface area contributed by atoms with Gasteiger partial charge in [0.2, 0.25) is 0 Å². The molecule has 1 unspecified atom stereocenters. The van der Waals surface area contributed by atoms with E-state index in [0.29, 0.717) is 0 Å². The Kier molecular flexibility index (Phi) is 9.45. The Labute approximate surface area is 212 Å². The summed E-state index contributed by atoms with van der Waals surface area (Å²) in [5, 5.41) is 9.69. The third kappa shape index (κ3) is 9.26. The molecule has 1 saturated carbocycles. The third-order valence-corrected chi connectivity index (χ3v) is 6.19. The summed E-state index contributed by atoms with van der Waals surface area (Å²) in [5.74, 6) is -0.0769. The summed E-state index contributed by atoms with van der Waals surface area (Å²) in [5.41, 5.74) is -0.370. The standard InChI is InChI=1S/C25H26F9NO3/c26-23(27,28)18-4-1-3-17(11-18)15-37-21-6-2-5-19(12-21)35(14-22(36)24(29,30)31)13-16-7-9-20(10-8-16)38-25(32,33)34/h1-6,11-12,16,20,22,36H,7-10,13-15H2. The molecule has 38 heavy (non-hydrogen) atoms. The third-order valence-electron chi connectivity index (χ3n) is 6.19. The molecule has 1 atom stereocenters. The number of hydrogen-bond donors (Lipinski definition) is 1. The van der Waals surface area contributed by atoms with Crippen molar-refractivity contribution in [1.29, 1.82) is 0 Å². The quantitative estimate of drug-likeness (QED) is 0.333. The Balaban J connectivity index is 1.71. The Hall–Kier alpha value is -2.67. The van der Waals surface area contributed by atoms with Crippen LogP contribution in [0.1, 0.15) is 36.8 Å². The van der Waals surface area contributed by atoms with Gasteiger partial charge in [-0.1, -0.05) is 18.2 Å². The molecule has 2 aromatic carbocycles. The van der Waals surface area contributed by atoms with Gasteiger partial charge in [-0.15, -0.1) is 13.2 Å². The van der Waals surface area contributed by atoms with E-state index in [1.165, 1.54) is 41.3 Å². The van der Waals surface area contributed by atoms with Crippen molar-refractivity contribution >= 4 is 5.69 Å². The SMILES string of the molecule is OC(CN(CC1CCC(OC(F)(F)F)CC1)c1cccc(OCc2cccc(C(F)(F)F)c2)c1)C(F)(F)F. The molecule has 2 aromatic rings. The first kappa shape index (κ1) is 29.9. The molecule has 0 spiro atoms. The van der Waals surface area contributed by atoms with Crippen molar-refractivity contribution in [2.45, 2.75) is 63.2 Å². The summed E-state index contributed by atoms with van der Waals surface area (Å²) >= 11 is 0. The van der Waals surface area contributed by atoms with Crippen molar-refractivity contribution in [2.24, 2.45) is 5.92 Å². The fourth-order valence-corrected chi connectivity index (χ4v) is 4.30. The fourth-order valence-electron chi connectivity index (χ4n) is 4.30. The van der Waals surface area contributed by atoms with Crippen molar-refractivity contribution < 1.29 is 54.1 Å². The number of alkyl halides is 9. The highest BCUT2D eigenvalue weighted by molar-refractivity contribution is 5.51. The predicted octanol–water partition coefficient (Wildman–Crippen LogP) is 7.11. The minimum Gasteiger partial charge on any atom is -0.489 e. The highest BCUT2D eigenvalue weighted by Crippen LogP contribution is 2.34. The molecule has 3 rings (SSSR count). The summed E-state index contributed by atoms with van der Waals surface area (Å²) in [7, 11) is 0. The summed E-state index contributed by atoms with van der Waals surface area (Å²) in [6, 6.07) is 10.3. The second-order valence-electron chi connectivity index (χ2n) is 9.15. The minimum absolute atomic E-state index is 0.0307. The highest BCUT2D eigenvalue weighted by atomic mass is 19.4. The predicted molar refractivity (Wildman–Crippen MR) is 119 cm³/mol. The van der Waals surface area contributed by atoms with Gasteiger partial charge in [0, 0.05) is 18.3 Å². The first-order chi connectivity index (χ1) is 17.6. The summed E-state index contributed by atoms with van der Waals surface area (Å²) < 4.78 is 125. The van der Waals surface area contributed by atoms with Gasteiger partial charge in [-0.3, -0.25) is 4.74 Å². The number of hydrogen-bond acceptors (Lipinski definition) is 4. The van der Waals surface area contributed by atoms with Crippen LogP contribution in [-0.4, -0.2) is 42.9 Å². The largest absolute Gasteiger partial charge is 0.522 e. The van der Waals surface area contributed by atoms with Gasteiger partial charge in [0.25, 0.3) is 0 Å². The van der Waals surface area contributed by atoms with Gasteiger partial charge in [0.05, 0.1) is 18.2 Å². The Bertz CT molecular complexity index is 1030. The van der Waals surface area contributed by atoms with E-state index in [-0.39, 0.29) is 61.8 Å². The van der Waals surface area contributed by atoms with Gasteiger partial charge in [-0.25, -0.2) is 0 Å². The number of halogens is 9. The van der Waals surface area contributed by atoms with Crippen LogP contribution in [0.3, 0.4) is 0 Å². The van der Waals surface area contributed by atoms with Crippen LogP contribution >= 0.6 is 0 Å². The molecule has 0 heterocycles. The highest BCUT2D eigenvalue weighted by Gasteiger charge is 2.40. The van der Waals surface area contributed by atoms with Crippen LogP contribution in [-0.2, 0) is 17.5 Å². The van der Waals surface area contributed by atoms with E-state index in [2.05, 4.69) is 4.74 Å². The van der Waals surface area contributed by atoms with Crippen LogP contribution in [0.5, 0.6) is 5.75 Å². The first-order valence-electron chi connectivity index (χ1n) is 11.7. The molecule has 0 radical (unpaired) electrons. The monoisotopic (exact) mass is 559 g/mol. The molecule has 0 aliphatic heterocycles. The van der Waals surface area contributed by atoms with Crippen molar-refractivity contribution in [3.63, 3.8) is 0 Å². The lowest BCUT2D eigenvalue weighted by Crippen LogP contribution is -2.43. The zero-order valence-corrected chi connectivity index (χ0v) is 19.9. The van der Waals surface area contributed by atoms with Gasteiger partial charge in [-0.05, 0) is 61.4 Å². The fraction of sp³-hybridized carbons (Fsp3) is 0.520. The van der Waals surface area contributed by atoms with E-state index in [1.807, 2.05) is 0 Å². The van der Waals surface area contributed by atoms with Crippen LogP contribution in [0.25, 0.3) is 0 Å². The van der Waals surface area contributed by atoms with Gasteiger partial charge >= 0.3 is 18.7 Å². The molecule has 0 saturated heterocycles. The molecular formula is C25H26F9NO3. The summed E-state index contributed by atoms with van der Waals surface area (Å²) in [6.45, 7) is -1.02. The van der Waals surface area contributed by atoms with E-state index in [1.54, 1.807) is 0 Å². The Morgan fingerprint density at radius 2 is 1.53 bits per heavy atom. The number of benzene rings is 2. The summed E-state index contributed by atoms with van der Waals surface area (Å²) in [6.07, 6.45) is -17.2. The van der Waals surface area contributed by atoms with Crippen LogP contribution in [0, 0.1) is 5.92 Å². The molecule has 1 fully saturated rings. The molecule has 212 valence electrons. The number of nitrogens with zero attached hydrogens (tertiary/aromatic N) is 1. The van der Waals surface area contributed by atoms with Crippen molar-refractivity contribution in [2.75, 3.05) is 18.0 Å². The number of aliphatic hydroxyl groups excluding tert-OH is 1. The van der Waals surface area contributed by atoms with Gasteiger partial charge in [-0.2, -0.15) is 26.3 Å². The molecule has 0 amide bonds. The van der Waals surface area contributed by atoms with Crippen molar-refractivity contribution in [3.8, 4) is 5.75 Å². The van der Waals surface area contributed by atoms with Crippen LogP contribution < -0.4 is 9.64 Å². The van der Waals surface area contributed by atoms with Crippen molar-refractivity contribution in [3.05, 3.63) is 59.7 Å². The molecular weight excluding hydrogens is 533 g/mol. The van der Waals surface area contributed by atoms with E-state index >= 15 is 0 Å². The topological polar surface area (TPSA) is 41.9 Å². The Morgan fingerprint density at radius 1 is 0.868 bits per heavy atom. The Morgan fingerprint density at radius 3 is 2.13 bits per heavy atom. The summed E-state index contributed by atoms with van der Waals surface area (Å²) in [4.78, 5) is 1.28. The first-order valence-corrected chi connectivity index (χ1v) is 11.7. The number of ether oxygens (including phenoxy) is 2. The minimum atomic E-state index is -4.89. The maximum Gasteiger partial charge on any atom is 0.522 e. The second-order valence-corrected chi connectivity index (χ2v) is 9.15. The van der Waals surface area contributed by atoms with Gasteiger partial charge in [0.15, 0.2) is 6.10 Å². The van der Waals surface area contributed by atoms with Crippen LogP contribution in [0.2, 0.25) is 0 Å². The average Bonchev–Trinajstić information content (AvgIpc) is 2.82. The molecule has 4 nitrogen and oxygen atoms in total. The van der Waals surface area contributed by atoms with Crippen molar-refractivity contribution in [1.82, 2.24) is 0 Å².